The third-order valence-electron chi connectivity index (χ3n) is 7.00. The lowest BCUT2D eigenvalue weighted by atomic mass is 10.0. The van der Waals surface area contributed by atoms with Gasteiger partial charge in [-0.05, 0) is 71.8 Å². The van der Waals surface area contributed by atoms with E-state index in [1.54, 1.807) is 33.8 Å². The summed E-state index contributed by atoms with van der Waals surface area (Å²) in [7, 11) is -1.91. The van der Waals surface area contributed by atoms with Gasteiger partial charge >= 0.3 is 12.1 Å². The number of nitrogen functional groups attached to an aromatic ring is 1. The van der Waals surface area contributed by atoms with Gasteiger partial charge in [0.15, 0.2) is 8.32 Å². The average molecular weight is 690 g/mol. The van der Waals surface area contributed by atoms with Crippen LogP contribution in [-0.2, 0) is 13.9 Å². The highest BCUT2D eigenvalue weighted by molar-refractivity contribution is 6.74. The number of nitrogens with one attached hydrogen (secondary N) is 1. The normalized spacial score (nSPS) is 11.6. The minimum absolute atomic E-state index is 0.106. The topological polar surface area (TPSA) is 213 Å². The molecule has 0 aliphatic rings. The maximum atomic E-state index is 12.4. The van der Waals surface area contributed by atoms with E-state index in [4.69, 9.17) is 19.7 Å². The van der Waals surface area contributed by atoms with Crippen LogP contribution in [0.4, 0.5) is 21.9 Å². The Labute approximate surface area is 282 Å². The number of aromatic nitrogens is 1. The lowest BCUT2D eigenvalue weighted by Crippen LogP contribution is -2.48. The van der Waals surface area contributed by atoms with Crippen LogP contribution in [0.25, 0.3) is 0 Å². The first kappa shape index (κ1) is 41.3. The SMILES string of the molecule is CCOC(=O)c1c[n+](N)c(C#CCCC(C)(C)O[Si](C)(C)C(C)(C)C)cc1NC(=O)OC(C)(C)C.O=[N+]([O-])c1ccc([O-])c([N+](=O)[O-])c1. The monoisotopic (exact) mass is 689 g/mol. The summed E-state index contributed by atoms with van der Waals surface area (Å²) in [5.41, 5.74) is -1.51. The number of amides is 1. The van der Waals surface area contributed by atoms with Crippen LogP contribution >= 0.6 is 0 Å². The predicted octanol–water partition coefficient (Wildman–Crippen LogP) is 5.72. The molecule has 2 aromatic rings. The Bertz CT molecular complexity index is 1570. The second kappa shape index (κ2) is 16.4. The molecule has 0 spiro atoms. The first-order chi connectivity index (χ1) is 21.8. The number of carbonyl (C=O) groups is 2. The van der Waals surface area contributed by atoms with Gasteiger partial charge in [0.05, 0.1) is 33.8 Å². The maximum Gasteiger partial charge on any atom is 0.412 e. The predicted molar refractivity (Wildman–Crippen MR) is 180 cm³/mol. The summed E-state index contributed by atoms with van der Waals surface area (Å²) in [6, 6.07) is 3.91. The Balaban J connectivity index is 0.000000735. The van der Waals surface area contributed by atoms with Crippen LogP contribution in [0.2, 0.25) is 18.1 Å². The van der Waals surface area contributed by atoms with Crippen molar-refractivity contribution in [1.82, 2.24) is 0 Å². The highest BCUT2D eigenvalue weighted by atomic mass is 28.4. The summed E-state index contributed by atoms with van der Waals surface area (Å²) in [4.78, 5) is 43.4. The van der Waals surface area contributed by atoms with E-state index >= 15 is 0 Å². The molecule has 3 N–H and O–H groups in total. The molecule has 0 saturated carbocycles. The van der Waals surface area contributed by atoms with Gasteiger partial charge in [0.2, 0.25) is 6.20 Å². The van der Waals surface area contributed by atoms with Crippen molar-refractivity contribution in [2.45, 2.75) is 104 Å². The quantitative estimate of drug-likeness (QED) is 0.0618. The van der Waals surface area contributed by atoms with Crippen LogP contribution in [0.5, 0.6) is 5.75 Å². The Morgan fingerprint density at radius 3 is 2.12 bits per heavy atom. The number of nitro benzene ring substituents is 2. The van der Waals surface area contributed by atoms with Crippen molar-refractivity contribution >= 4 is 37.4 Å². The van der Waals surface area contributed by atoms with Crippen LogP contribution in [0.1, 0.15) is 91.2 Å². The van der Waals surface area contributed by atoms with Gasteiger partial charge in [0, 0.05) is 24.5 Å². The lowest BCUT2D eigenvalue weighted by Gasteiger charge is -2.42. The Kier molecular flexibility index (Phi) is 14.1. The minimum Gasteiger partial charge on any atom is -0.868 e. The summed E-state index contributed by atoms with van der Waals surface area (Å²) in [6.07, 6.45) is 2.04. The summed E-state index contributed by atoms with van der Waals surface area (Å²) < 4.78 is 18.2. The molecular formula is C32H47N5O10Si. The molecule has 2 rings (SSSR count). The molecule has 0 aliphatic heterocycles. The van der Waals surface area contributed by atoms with Gasteiger partial charge in [-0.1, -0.05) is 37.4 Å². The van der Waals surface area contributed by atoms with E-state index in [0.29, 0.717) is 18.2 Å². The number of ether oxygens (including phenoxy) is 2. The molecule has 0 fully saturated rings. The molecule has 0 aliphatic carbocycles. The van der Waals surface area contributed by atoms with Crippen LogP contribution in [0, 0.1) is 32.1 Å². The summed E-state index contributed by atoms with van der Waals surface area (Å²) in [5.74, 6) is 10.8. The molecule has 48 heavy (non-hydrogen) atoms. The van der Waals surface area contributed by atoms with Crippen LogP contribution < -0.4 is 20.9 Å². The maximum absolute atomic E-state index is 12.4. The fourth-order valence-electron chi connectivity index (χ4n) is 3.73. The van der Waals surface area contributed by atoms with Crippen LogP contribution in [0.15, 0.2) is 30.5 Å². The molecule has 1 aromatic carbocycles. The summed E-state index contributed by atoms with van der Waals surface area (Å²) in [6.45, 7) is 22.5. The molecule has 0 bridgehead atoms. The number of non-ortho nitro benzene ring substituents is 1. The largest absolute Gasteiger partial charge is 0.868 e. The number of hydrogen-bond donors (Lipinski definition) is 2. The van der Waals surface area contributed by atoms with Crippen molar-refractivity contribution in [3.05, 3.63) is 61.9 Å². The molecular weight excluding hydrogens is 642 g/mol. The number of pyridine rings is 1. The smallest absolute Gasteiger partial charge is 0.412 e. The highest BCUT2D eigenvalue weighted by Crippen LogP contribution is 2.40. The zero-order valence-corrected chi connectivity index (χ0v) is 30.5. The Morgan fingerprint density at radius 2 is 1.62 bits per heavy atom. The number of carbonyl (C=O) groups excluding carboxylic acids is 2. The van der Waals surface area contributed by atoms with Gasteiger partial charge in [-0.25, -0.2) is 15.4 Å². The third kappa shape index (κ3) is 13.2. The zero-order chi connectivity index (χ0) is 37.3. The molecule has 264 valence electrons. The molecule has 0 unspecified atom stereocenters. The second-order valence-electron chi connectivity index (χ2n) is 13.8. The first-order valence-corrected chi connectivity index (χ1v) is 18.0. The Hall–Kier alpha value is -4.75. The molecule has 1 amide bonds. The molecule has 0 atom stereocenters. The van der Waals surface area contributed by atoms with Crippen LogP contribution in [0.3, 0.4) is 0 Å². The van der Waals surface area contributed by atoms with Gasteiger partial charge in [-0.3, -0.25) is 25.5 Å². The number of hydrogen-bond acceptors (Lipinski definition) is 11. The van der Waals surface area contributed by atoms with Gasteiger partial charge in [0.1, 0.15) is 11.2 Å². The first-order valence-electron chi connectivity index (χ1n) is 15.1. The summed E-state index contributed by atoms with van der Waals surface area (Å²) >= 11 is 0. The number of nitrogens with zero attached hydrogens (tertiary/aromatic N) is 3. The van der Waals surface area contributed by atoms with Crippen molar-refractivity contribution in [3.8, 4) is 17.6 Å². The summed E-state index contributed by atoms with van der Waals surface area (Å²) in [5, 5.41) is 33.9. The molecule has 16 heteroatoms. The molecule has 0 saturated heterocycles. The van der Waals surface area contributed by atoms with E-state index in [-0.39, 0.29) is 28.5 Å². The number of anilines is 1. The number of nitro groups is 2. The molecule has 0 radical (unpaired) electrons. The highest BCUT2D eigenvalue weighted by Gasteiger charge is 2.41. The second-order valence-corrected chi connectivity index (χ2v) is 18.6. The van der Waals surface area contributed by atoms with Gasteiger partial charge in [0.25, 0.3) is 17.1 Å². The van der Waals surface area contributed by atoms with Crippen LogP contribution in [-0.4, -0.2) is 48.0 Å². The number of esters is 1. The number of benzene rings is 1. The van der Waals surface area contributed by atoms with E-state index in [0.717, 1.165) is 18.6 Å². The van der Waals surface area contributed by atoms with Gasteiger partial charge in [-0.15, -0.1) is 0 Å². The fourth-order valence-corrected chi connectivity index (χ4v) is 5.52. The van der Waals surface area contributed by atoms with E-state index in [1.807, 2.05) is 0 Å². The molecule has 1 heterocycles. The molecule has 15 nitrogen and oxygen atoms in total. The average Bonchev–Trinajstić information content (AvgIpc) is 2.90. The fraction of sp³-hybridized carbons (Fsp3) is 0.531. The third-order valence-corrected chi connectivity index (χ3v) is 11.7. The lowest BCUT2D eigenvalue weighted by molar-refractivity contribution is -0.641. The van der Waals surface area contributed by atoms with Gasteiger partial charge in [-0.2, -0.15) is 0 Å². The zero-order valence-electron chi connectivity index (χ0n) is 29.5. The number of nitrogens with two attached hydrogens (primary N) is 1. The van der Waals surface area contributed by atoms with E-state index in [2.05, 4.69) is 64.9 Å². The van der Waals surface area contributed by atoms with E-state index in [9.17, 15) is 34.9 Å². The van der Waals surface area contributed by atoms with Gasteiger partial charge < -0.3 is 19.0 Å². The number of rotatable bonds is 9. The van der Waals surface area contributed by atoms with Crippen molar-refractivity contribution in [3.63, 3.8) is 0 Å². The standard InChI is InChI=1S/C26H43N3O5Si.C6H4N2O5/c1-12-32-22(30)20-18-29(27)19(17-21(20)28-23(31)33-24(2,3)4)15-13-14-16-26(8,9)34-35(10,11)25(5,6)7;9-6-2-1-4(7(10)11)3-5(6)8(12)13/h17-18H,12,14,16,27H2,1-11H3;1-3,9H. The van der Waals surface area contributed by atoms with E-state index in [1.165, 1.54) is 10.9 Å². The van der Waals surface area contributed by atoms with E-state index < -0.39 is 53.0 Å². The minimum atomic E-state index is -1.91. The Morgan fingerprint density at radius 1 is 1.02 bits per heavy atom. The molecule has 1 aromatic heterocycles. The van der Waals surface area contributed by atoms with Crippen molar-refractivity contribution in [2.24, 2.45) is 0 Å². The van der Waals surface area contributed by atoms with Crippen molar-refractivity contribution in [2.75, 3.05) is 17.8 Å². The van der Waals surface area contributed by atoms with Crippen molar-refractivity contribution < 1.29 is 43.1 Å². The van der Waals surface area contributed by atoms with Crippen molar-refractivity contribution in [1.29, 1.82) is 0 Å².